The number of benzene rings is 2. The summed E-state index contributed by atoms with van der Waals surface area (Å²) < 4.78 is 28.9. The number of nitrogens with one attached hydrogen (secondary N) is 1. The molecule has 0 aliphatic rings. The van der Waals surface area contributed by atoms with Crippen LogP contribution in [0.4, 0.5) is 4.39 Å². The number of fused-ring (bicyclic) bond motifs is 1. The summed E-state index contributed by atoms with van der Waals surface area (Å²) in [5.41, 5.74) is 0.733. The van der Waals surface area contributed by atoms with Gasteiger partial charge in [0.15, 0.2) is 12.7 Å². The number of ether oxygens (including phenoxy) is 2. The van der Waals surface area contributed by atoms with Gasteiger partial charge in [-0.1, -0.05) is 18.2 Å². The number of para-hydroxylation sites is 1. The Morgan fingerprint density at radius 2 is 1.82 bits per heavy atom. The molecule has 7 heteroatoms. The third-order valence-corrected chi connectivity index (χ3v) is 4.05. The molecule has 1 N–H and O–H groups in total. The summed E-state index contributed by atoms with van der Waals surface area (Å²) >= 11 is 0. The van der Waals surface area contributed by atoms with Crippen LogP contribution in [0.1, 0.15) is 25.6 Å². The van der Waals surface area contributed by atoms with E-state index in [1.165, 1.54) is 31.2 Å². The van der Waals surface area contributed by atoms with Crippen molar-refractivity contribution in [2.75, 3.05) is 6.61 Å². The van der Waals surface area contributed by atoms with Gasteiger partial charge in [-0.15, -0.1) is 0 Å². The Morgan fingerprint density at radius 3 is 2.54 bits per heavy atom. The zero-order chi connectivity index (χ0) is 20.1. The van der Waals surface area contributed by atoms with Crippen LogP contribution in [0.2, 0.25) is 0 Å². The predicted octanol–water partition coefficient (Wildman–Crippen LogP) is 3.76. The molecule has 3 rings (SSSR count). The first-order valence-electron chi connectivity index (χ1n) is 8.79. The van der Waals surface area contributed by atoms with Crippen LogP contribution in [0.5, 0.6) is 5.75 Å². The third-order valence-electron chi connectivity index (χ3n) is 4.05. The van der Waals surface area contributed by atoms with Crippen molar-refractivity contribution >= 4 is 22.8 Å². The van der Waals surface area contributed by atoms with E-state index in [2.05, 4.69) is 5.32 Å². The number of carbonyl (C=O) groups excluding carboxylic acids is 2. The fourth-order valence-corrected chi connectivity index (χ4v) is 2.59. The lowest BCUT2D eigenvalue weighted by molar-refractivity contribution is -0.154. The number of esters is 1. The minimum Gasteiger partial charge on any atom is -0.479 e. The van der Waals surface area contributed by atoms with Crippen molar-refractivity contribution in [2.24, 2.45) is 0 Å². The van der Waals surface area contributed by atoms with Gasteiger partial charge < -0.3 is 19.2 Å². The largest absolute Gasteiger partial charge is 0.479 e. The van der Waals surface area contributed by atoms with Crippen molar-refractivity contribution in [1.29, 1.82) is 0 Å². The molecule has 1 heterocycles. The fourth-order valence-electron chi connectivity index (χ4n) is 2.59. The number of amides is 1. The molecule has 0 fully saturated rings. The molecule has 0 saturated carbocycles. The molecular formula is C21H20FNO5. The van der Waals surface area contributed by atoms with Crippen molar-refractivity contribution in [1.82, 2.24) is 5.32 Å². The maximum Gasteiger partial charge on any atom is 0.347 e. The normalized spacial score (nSPS) is 13.0. The van der Waals surface area contributed by atoms with Crippen LogP contribution in [0.3, 0.4) is 0 Å². The summed E-state index contributed by atoms with van der Waals surface area (Å²) in [6, 6.07) is 14.3. The highest BCUT2D eigenvalue weighted by Gasteiger charge is 2.19. The van der Waals surface area contributed by atoms with Crippen LogP contribution in [0.15, 0.2) is 59.0 Å². The molecular weight excluding hydrogens is 365 g/mol. The van der Waals surface area contributed by atoms with Gasteiger partial charge in [0.2, 0.25) is 0 Å². The Kier molecular flexibility index (Phi) is 5.93. The molecule has 3 aromatic rings. The van der Waals surface area contributed by atoms with Crippen LogP contribution in [-0.2, 0) is 14.3 Å². The summed E-state index contributed by atoms with van der Waals surface area (Å²) in [4.78, 5) is 24.0. The Balaban J connectivity index is 1.47. The van der Waals surface area contributed by atoms with Gasteiger partial charge in [0.1, 0.15) is 22.9 Å². The fraction of sp³-hybridized carbons (Fsp3) is 0.238. The van der Waals surface area contributed by atoms with Gasteiger partial charge in [0.25, 0.3) is 5.91 Å². The van der Waals surface area contributed by atoms with E-state index in [0.717, 1.165) is 11.0 Å². The minimum absolute atomic E-state index is 0.328. The average Bonchev–Trinajstić information content (AvgIpc) is 3.12. The molecule has 146 valence electrons. The van der Waals surface area contributed by atoms with E-state index in [4.69, 9.17) is 13.9 Å². The lowest BCUT2D eigenvalue weighted by Gasteiger charge is -2.15. The number of furan rings is 1. The summed E-state index contributed by atoms with van der Waals surface area (Å²) in [6.07, 6.45) is -0.939. The van der Waals surface area contributed by atoms with Gasteiger partial charge in [0, 0.05) is 5.39 Å². The molecule has 0 saturated heterocycles. The topological polar surface area (TPSA) is 77.8 Å². The summed E-state index contributed by atoms with van der Waals surface area (Å²) in [5, 5.41) is 3.66. The van der Waals surface area contributed by atoms with E-state index in [9.17, 15) is 14.0 Å². The quantitative estimate of drug-likeness (QED) is 0.627. The van der Waals surface area contributed by atoms with E-state index in [1.54, 1.807) is 6.92 Å². The Labute approximate surface area is 161 Å². The van der Waals surface area contributed by atoms with Gasteiger partial charge in [-0.25, -0.2) is 9.18 Å². The molecule has 0 unspecified atom stereocenters. The van der Waals surface area contributed by atoms with E-state index < -0.39 is 30.4 Å². The minimum atomic E-state index is -0.939. The maximum atomic E-state index is 12.9. The smallest absolute Gasteiger partial charge is 0.347 e. The Morgan fingerprint density at radius 1 is 1.11 bits per heavy atom. The standard InChI is InChI=1S/C21H20FNO5/c1-13(19-11-15-5-3-4-6-18(15)28-19)23-20(24)12-26-21(25)14(2)27-17-9-7-16(22)8-10-17/h3-11,13-14H,12H2,1-2H3,(H,23,24)/t13-,14+/m1/s1. The number of hydrogen-bond acceptors (Lipinski definition) is 5. The van der Waals surface area contributed by atoms with Crippen LogP contribution in [-0.4, -0.2) is 24.6 Å². The summed E-state index contributed by atoms with van der Waals surface area (Å²) in [5.74, 6) is -0.633. The average molecular weight is 385 g/mol. The van der Waals surface area contributed by atoms with E-state index in [0.29, 0.717) is 11.5 Å². The second kappa shape index (κ2) is 8.56. The molecule has 28 heavy (non-hydrogen) atoms. The van der Waals surface area contributed by atoms with E-state index in [-0.39, 0.29) is 6.04 Å². The number of rotatable bonds is 7. The molecule has 1 aromatic heterocycles. The molecule has 0 bridgehead atoms. The van der Waals surface area contributed by atoms with Gasteiger partial charge in [-0.3, -0.25) is 4.79 Å². The second-order valence-corrected chi connectivity index (χ2v) is 6.30. The summed E-state index contributed by atoms with van der Waals surface area (Å²) in [6.45, 7) is 2.82. The van der Waals surface area contributed by atoms with Crippen LogP contribution in [0, 0.1) is 5.82 Å². The van der Waals surface area contributed by atoms with E-state index in [1.807, 2.05) is 30.3 Å². The Hall–Kier alpha value is -3.35. The van der Waals surface area contributed by atoms with Gasteiger partial charge in [-0.2, -0.15) is 0 Å². The lowest BCUT2D eigenvalue weighted by atomic mass is 10.2. The van der Waals surface area contributed by atoms with Crippen molar-refractivity contribution in [3.8, 4) is 5.75 Å². The highest BCUT2D eigenvalue weighted by Crippen LogP contribution is 2.23. The number of carbonyl (C=O) groups is 2. The monoisotopic (exact) mass is 385 g/mol. The van der Waals surface area contributed by atoms with Crippen molar-refractivity contribution in [3.05, 3.63) is 66.2 Å². The Bertz CT molecular complexity index is 933. The van der Waals surface area contributed by atoms with Crippen molar-refractivity contribution in [3.63, 3.8) is 0 Å². The second-order valence-electron chi connectivity index (χ2n) is 6.30. The van der Waals surface area contributed by atoms with Crippen LogP contribution < -0.4 is 10.1 Å². The molecule has 0 aliphatic carbocycles. The highest BCUT2D eigenvalue weighted by molar-refractivity contribution is 5.82. The van der Waals surface area contributed by atoms with Gasteiger partial charge in [0.05, 0.1) is 6.04 Å². The molecule has 0 radical (unpaired) electrons. The van der Waals surface area contributed by atoms with Crippen molar-refractivity contribution < 1.29 is 27.9 Å². The molecule has 2 aromatic carbocycles. The SMILES string of the molecule is C[C@H](Oc1ccc(F)cc1)C(=O)OCC(=O)N[C@H](C)c1cc2ccccc2o1. The lowest BCUT2D eigenvalue weighted by Crippen LogP contribution is -2.34. The first kappa shape index (κ1) is 19.4. The zero-order valence-electron chi connectivity index (χ0n) is 15.5. The molecule has 1 amide bonds. The molecule has 0 aliphatic heterocycles. The maximum absolute atomic E-state index is 12.9. The van der Waals surface area contributed by atoms with Gasteiger partial charge in [-0.05, 0) is 50.2 Å². The van der Waals surface area contributed by atoms with Crippen LogP contribution in [0.25, 0.3) is 11.0 Å². The molecule has 0 spiro atoms. The predicted molar refractivity (Wildman–Crippen MR) is 100 cm³/mol. The number of hydrogen-bond donors (Lipinski definition) is 1. The highest BCUT2D eigenvalue weighted by atomic mass is 19.1. The first-order valence-corrected chi connectivity index (χ1v) is 8.79. The molecule has 6 nitrogen and oxygen atoms in total. The van der Waals surface area contributed by atoms with Crippen molar-refractivity contribution in [2.45, 2.75) is 26.0 Å². The van der Waals surface area contributed by atoms with Gasteiger partial charge >= 0.3 is 5.97 Å². The third kappa shape index (κ3) is 4.88. The summed E-state index contributed by atoms with van der Waals surface area (Å²) in [7, 11) is 0. The zero-order valence-corrected chi connectivity index (χ0v) is 15.5. The van der Waals surface area contributed by atoms with E-state index >= 15 is 0 Å². The molecule has 2 atom stereocenters. The van der Waals surface area contributed by atoms with Crippen LogP contribution >= 0.6 is 0 Å². The number of halogens is 1. The first-order chi connectivity index (χ1) is 13.4.